The Balaban J connectivity index is 2.21. The van der Waals surface area contributed by atoms with Gasteiger partial charge in [0.1, 0.15) is 0 Å². The minimum absolute atomic E-state index is 0.766. The van der Waals surface area contributed by atoms with E-state index in [0.717, 1.165) is 28.6 Å². The number of benzene rings is 2. The van der Waals surface area contributed by atoms with E-state index in [1.807, 2.05) is 12.1 Å². The molecule has 0 unspecified atom stereocenters. The lowest BCUT2D eigenvalue weighted by Gasteiger charge is -2.09. The van der Waals surface area contributed by atoms with Crippen molar-refractivity contribution in [2.75, 3.05) is 11.5 Å². The van der Waals surface area contributed by atoms with E-state index < -0.39 is 0 Å². The van der Waals surface area contributed by atoms with E-state index in [-0.39, 0.29) is 0 Å². The lowest BCUT2D eigenvalue weighted by Crippen LogP contribution is -1.95. The van der Waals surface area contributed by atoms with E-state index in [9.17, 15) is 0 Å². The number of anilines is 2. The van der Waals surface area contributed by atoms with Crippen LogP contribution in [0.15, 0.2) is 30.3 Å². The van der Waals surface area contributed by atoms with Gasteiger partial charge < -0.3 is 11.5 Å². The monoisotopic (exact) mass is 242 g/mol. The van der Waals surface area contributed by atoms with Gasteiger partial charge in [0.25, 0.3) is 0 Å². The highest BCUT2D eigenvalue weighted by atomic mass is 14.6. The lowest BCUT2D eigenvalue weighted by molar-refractivity contribution is 0.667. The molecule has 18 heavy (non-hydrogen) atoms. The van der Waals surface area contributed by atoms with Gasteiger partial charge >= 0.3 is 0 Å². The van der Waals surface area contributed by atoms with Crippen molar-refractivity contribution >= 4 is 22.1 Å². The van der Waals surface area contributed by atoms with Crippen molar-refractivity contribution in [1.29, 1.82) is 0 Å². The summed E-state index contributed by atoms with van der Waals surface area (Å²) in [5.74, 6) is 0. The second kappa shape index (κ2) is 5.76. The standard InChI is InChI=1S/C16H22N2/c1-2-3-4-5-7-12-10-13-8-6-9-14(17)16(13)15(18)11-12/h6,8-11H,2-5,7,17-18H2,1H3. The number of fused-ring (bicyclic) bond motifs is 1. The van der Waals surface area contributed by atoms with Crippen molar-refractivity contribution in [1.82, 2.24) is 0 Å². The van der Waals surface area contributed by atoms with Crippen LogP contribution in [-0.2, 0) is 6.42 Å². The Labute approximate surface area is 109 Å². The van der Waals surface area contributed by atoms with Crippen LogP contribution in [0.3, 0.4) is 0 Å². The van der Waals surface area contributed by atoms with Gasteiger partial charge in [0.05, 0.1) is 0 Å². The van der Waals surface area contributed by atoms with Crippen LogP contribution in [-0.4, -0.2) is 0 Å². The Morgan fingerprint density at radius 2 is 1.78 bits per heavy atom. The molecule has 2 aromatic carbocycles. The Kier molecular flexibility index (Phi) is 4.08. The zero-order valence-corrected chi connectivity index (χ0v) is 11.1. The first kappa shape index (κ1) is 12.7. The largest absolute Gasteiger partial charge is 0.398 e. The first-order valence-electron chi connectivity index (χ1n) is 6.79. The van der Waals surface area contributed by atoms with Gasteiger partial charge in [-0.05, 0) is 35.9 Å². The van der Waals surface area contributed by atoms with Gasteiger partial charge in [-0.2, -0.15) is 0 Å². The van der Waals surface area contributed by atoms with Crippen molar-refractivity contribution in [2.24, 2.45) is 0 Å². The molecule has 0 amide bonds. The normalized spacial score (nSPS) is 10.9. The molecule has 0 heterocycles. The predicted octanol–water partition coefficient (Wildman–Crippen LogP) is 4.13. The number of nitrogen functional groups attached to an aromatic ring is 2. The number of hydrogen-bond acceptors (Lipinski definition) is 2. The van der Waals surface area contributed by atoms with Crippen molar-refractivity contribution in [2.45, 2.75) is 39.0 Å². The Bertz CT molecular complexity index is 532. The number of hydrogen-bond donors (Lipinski definition) is 2. The number of aryl methyl sites for hydroxylation is 1. The van der Waals surface area contributed by atoms with E-state index in [4.69, 9.17) is 11.5 Å². The highest BCUT2D eigenvalue weighted by Gasteiger charge is 2.04. The van der Waals surface area contributed by atoms with E-state index in [1.165, 1.54) is 31.2 Å². The minimum atomic E-state index is 0.766. The maximum atomic E-state index is 6.11. The second-order valence-electron chi connectivity index (χ2n) is 4.94. The van der Waals surface area contributed by atoms with Gasteiger partial charge in [-0.3, -0.25) is 0 Å². The van der Waals surface area contributed by atoms with Crippen LogP contribution in [0.5, 0.6) is 0 Å². The molecular formula is C16H22N2. The smallest absolute Gasteiger partial charge is 0.0417 e. The molecule has 0 spiro atoms. The van der Waals surface area contributed by atoms with Crippen LogP contribution in [0, 0.1) is 0 Å². The van der Waals surface area contributed by atoms with Crippen molar-refractivity contribution in [3.8, 4) is 0 Å². The third-order valence-corrected chi connectivity index (χ3v) is 3.42. The predicted molar refractivity (Wildman–Crippen MR) is 80.6 cm³/mol. The van der Waals surface area contributed by atoms with Gasteiger partial charge in [0, 0.05) is 16.8 Å². The molecule has 2 heteroatoms. The first-order valence-corrected chi connectivity index (χ1v) is 6.79. The summed E-state index contributed by atoms with van der Waals surface area (Å²) >= 11 is 0. The van der Waals surface area contributed by atoms with Crippen molar-refractivity contribution in [3.63, 3.8) is 0 Å². The Morgan fingerprint density at radius 1 is 0.944 bits per heavy atom. The van der Waals surface area contributed by atoms with Crippen LogP contribution in [0.25, 0.3) is 10.8 Å². The van der Waals surface area contributed by atoms with Gasteiger partial charge in [-0.25, -0.2) is 0 Å². The van der Waals surface area contributed by atoms with Crippen LogP contribution < -0.4 is 11.5 Å². The zero-order valence-electron chi connectivity index (χ0n) is 11.1. The average Bonchev–Trinajstić information content (AvgIpc) is 2.34. The topological polar surface area (TPSA) is 52.0 Å². The average molecular weight is 242 g/mol. The van der Waals surface area contributed by atoms with E-state index in [2.05, 4.69) is 25.1 Å². The zero-order chi connectivity index (χ0) is 13.0. The molecule has 96 valence electrons. The summed E-state index contributed by atoms with van der Waals surface area (Å²) in [6.07, 6.45) is 6.23. The lowest BCUT2D eigenvalue weighted by atomic mass is 10.00. The molecule has 2 rings (SSSR count). The molecule has 0 radical (unpaired) electrons. The molecular weight excluding hydrogens is 220 g/mol. The molecule has 0 fully saturated rings. The summed E-state index contributed by atoms with van der Waals surface area (Å²) in [6.45, 7) is 2.23. The first-order chi connectivity index (χ1) is 8.72. The van der Waals surface area contributed by atoms with Crippen molar-refractivity contribution < 1.29 is 0 Å². The summed E-state index contributed by atoms with van der Waals surface area (Å²) in [5, 5.41) is 2.15. The maximum Gasteiger partial charge on any atom is 0.0417 e. The fourth-order valence-electron chi connectivity index (χ4n) is 2.46. The van der Waals surface area contributed by atoms with Gasteiger partial charge in [-0.1, -0.05) is 44.4 Å². The summed E-state index contributed by atoms with van der Waals surface area (Å²) < 4.78 is 0. The van der Waals surface area contributed by atoms with E-state index in [1.54, 1.807) is 0 Å². The molecule has 0 aliphatic heterocycles. The second-order valence-corrected chi connectivity index (χ2v) is 4.94. The van der Waals surface area contributed by atoms with E-state index >= 15 is 0 Å². The Hall–Kier alpha value is -1.70. The number of rotatable bonds is 5. The fraction of sp³-hybridized carbons (Fsp3) is 0.375. The molecule has 0 bridgehead atoms. The number of nitrogens with two attached hydrogens (primary N) is 2. The van der Waals surface area contributed by atoms with Crippen LogP contribution >= 0.6 is 0 Å². The number of unbranched alkanes of at least 4 members (excludes halogenated alkanes) is 3. The molecule has 4 N–H and O–H groups in total. The fourth-order valence-corrected chi connectivity index (χ4v) is 2.46. The SMILES string of the molecule is CCCCCCc1cc(N)c2c(N)cccc2c1. The summed E-state index contributed by atoms with van der Waals surface area (Å²) in [4.78, 5) is 0. The molecule has 2 nitrogen and oxygen atoms in total. The molecule has 0 aliphatic rings. The molecule has 0 atom stereocenters. The molecule has 0 aromatic heterocycles. The van der Waals surface area contributed by atoms with Crippen molar-refractivity contribution in [3.05, 3.63) is 35.9 Å². The van der Waals surface area contributed by atoms with E-state index in [0.29, 0.717) is 0 Å². The van der Waals surface area contributed by atoms with Crippen LogP contribution in [0.4, 0.5) is 11.4 Å². The Morgan fingerprint density at radius 3 is 2.56 bits per heavy atom. The maximum absolute atomic E-state index is 6.11. The highest BCUT2D eigenvalue weighted by molar-refractivity contribution is 6.01. The highest BCUT2D eigenvalue weighted by Crippen LogP contribution is 2.28. The third-order valence-electron chi connectivity index (χ3n) is 3.42. The van der Waals surface area contributed by atoms with Crippen LogP contribution in [0.2, 0.25) is 0 Å². The molecule has 0 saturated carbocycles. The minimum Gasteiger partial charge on any atom is -0.398 e. The molecule has 2 aromatic rings. The molecule has 0 saturated heterocycles. The summed E-state index contributed by atoms with van der Waals surface area (Å²) in [7, 11) is 0. The quantitative estimate of drug-likeness (QED) is 0.612. The summed E-state index contributed by atoms with van der Waals surface area (Å²) in [6, 6.07) is 10.3. The van der Waals surface area contributed by atoms with Gasteiger partial charge in [0.2, 0.25) is 0 Å². The van der Waals surface area contributed by atoms with Gasteiger partial charge in [-0.15, -0.1) is 0 Å². The van der Waals surface area contributed by atoms with Gasteiger partial charge in [0.15, 0.2) is 0 Å². The molecule has 0 aliphatic carbocycles. The summed E-state index contributed by atoms with van der Waals surface area (Å²) in [5.41, 5.74) is 15.0. The van der Waals surface area contributed by atoms with Crippen LogP contribution in [0.1, 0.15) is 38.2 Å². The third kappa shape index (κ3) is 2.76.